The zero-order valence-corrected chi connectivity index (χ0v) is 14.8. The van der Waals surface area contributed by atoms with Gasteiger partial charge in [-0.2, -0.15) is 0 Å². The number of rotatable bonds is 4. The quantitative estimate of drug-likeness (QED) is 0.713. The Bertz CT molecular complexity index is 1040. The molecule has 0 saturated heterocycles. The molecule has 0 radical (unpaired) electrons. The molecular formula is C16H12BrNO5S. The minimum Gasteiger partial charge on any atom is -0.496 e. The summed E-state index contributed by atoms with van der Waals surface area (Å²) in [6.45, 7) is 0. The molecule has 0 bridgehead atoms. The number of carbonyl (C=O) groups is 1. The molecule has 3 rings (SSSR count). The van der Waals surface area contributed by atoms with Crippen LogP contribution < -0.4 is 4.74 Å². The number of benzene rings is 2. The van der Waals surface area contributed by atoms with Gasteiger partial charge in [0.05, 0.1) is 28.5 Å². The lowest BCUT2D eigenvalue weighted by Crippen LogP contribution is -2.12. The number of methoxy groups -OCH3 is 1. The Balaban J connectivity index is 2.34. The van der Waals surface area contributed by atoms with Gasteiger partial charge < -0.3 is 9.84 Å². The van der Waals surface area contributed by atoms with Crippen LogP contribution in [0.5, 0.6) is 5.75 Å². The Kier molecular flexibility index (Phi) is 4.10. The van der Waals surface area contributed by atoms with E-state index in [1.807, 2.05) is 0 Å². The Hall–Kier alpha value is -2.32. The van der Waals surface area contributed by atoms with Crippen LogP contribution in [0.2, 0.25) is 0 Å². The van der Waals surface area contributed by atoms with Crippen LogP contribution in [0, 0.1) is 0 Å². The van der Waals surface area contributed by atoms with Gasteiger partial charge in [0.1, 0.15) is 5.75 Å². The van der Waals surface area contributed by atoms with Crippen molar-refractivity contribution in [2.24, 2.45) is 0 Å². The maximum atomic E-state index is 12.9. The second-order valence-electron chi connectivity index (χ2n) is 4.96. The maximum Gasteiger partial charge on any atom is 0.338 e. The van der Waals surface area contributed by atoms with E-state index in [1.165, 1.54) is 19.2 Å². The van der Waals surface area contributed by atoms with Crippen molar-refractivity contribution >= 4 is 42.8 Å². The van der Waals surface area contributed by atoms with E-state index in [-0.39, 0.29) is 21.4 Å². The molecule has 8 heteroatoms. The highest BCUT2D eigenvalue weighted by Gasteiger charge is 2.25. The summed E-state index contributed by atoms with van der Waals surface area (Å²) in [6, 6.07) is 10.9. The van der Waals surface area contributed by atoms with Crippen LogP contribution in [0.25, 0.3) is 10.9 Å². The van der Waals surface area contributed by atoms with Gasteiger partial charge in [0.2, 0.25) is 0 Å². The third-order valence-electron chi connectivity index (χ3n) is 3.58. The molecule has 1 aromatic heterocycles. The average Bonchev–Trinajstić information content (AvgIpc) is 2.96. The predicted octanol–water partition coefficient (Wildman–Crippen LogP) is 3.35. The highest BCUT2D eigenvalue weighted by molar-refractivity contribution is 9.10. The number of nitrogens with zero attached hydrogens (tertiary/aromatic N) is 1. The first-order chi connectivity index (χ1) is 11.4. The smallest absolute Gasteiger partial charge is 0.338 e. The minimum atomic E-state index is -3.94. The fraction of sp³-hybridized carbons (Fsp3) is 0.0625. The van der Waals surface area contributed by atoms with Gasteiger partial charge in [-0.25, -0.2) is 17.2 Å². The largest absolute Gasteiger partial charge is 0.496 e. The summed E-state index contributed by atoms with van der Waals surface area (Å²) in [5.41, 5.74) is 0.109. The van der Waals surface area contributed by atoms with E-state index in [4.69, 9.17) is 4.74 Å². The number of carboxylic acids is 1. The number of ether oxygens (including phenoxy) is 1. The molecule has 0 amide bonds. The van der Waals surface area contributed by atoms with Crippen LogP contribution in [-0.4, -0.2) is 30.6 Å². The molecule has 2 aromatic carbocycles. The summed E-state index contributed by atoms with van der Waals surface area (Å²) in [5, 5.41) is 9.66. The molecule has 0 aliphatic carbocycles. The summed E-state index contributed by atoms with van der Waals surface area (Å²) in [6.07, 6.45) is 1.10. The molecule has 6 nitrogen and oxygen atoms in total. The molecule has 1 heterocycles. The molecule has 1 N–H and O–H groups in total. The second kappa shape index (κ2) is 5.95. The van der Waals surface area contributed by atoms with E-state index >= 15 is 0 Å². The van der Waals surface area contributed by atoms with Gasteiger partial charge in [0, 0.05) is 10.7 Å². The number of carboxylic acid groups (broad SMARTS) is 1. The van der Waals surface area contributed by atoms with Gasteiger partial charge in [-0.3, -0.25) is 0 Å². The number of aromatic carboxylic acids is 1. The van der Waals surface area contributed by atoms with Gasteiger partial charge in [0.25, 0.3) is 10.0 Å². The topological polar surface area (TPSA) is 85.6 Å². The van der Waals surface area contributed by atoms with E-state index in [9.17, 15) is 18.3 Å². The van der Waals surface area contributed by atoms with Crippen molar-refractivity contribution in [2.45, 2.75) is 4.90 Å². The van der Waals surface area contributed by atoms with E-state index in [0.717, 1.165) is 14.6 Å². The number of hydrogen-bond donors (Lipinski definition) is 1. The Morgan fingerprint density at radius 3 is 2.42 bits per heavy atom. The average molecular weight is 410 g/mol. The SMILES string of the molecule is COc1cccc2c1c(C(=O)O)cn2S(=O)(=O)c1ccc(Br)cc1. The van der Waals surface area contributed by atoms with Crippen LogP contribution in [0.15, 0.2) is 58.0 Å². The van der Waals surface area contributed by atoms with Crippen LogP contribution in [0.4, 0.5) is 0 Å². The third kappa shape index (κ3) is 2.57. The second-order valence-corrected chi connectivity index (χ2v) is 7.69. The summed E-state index contributed by atoms with van der Waals surface area (Å²) < 4.78 is 32.7. The van der Waals surface area contributed by atoms with Crippen LogP contribution in [0.1, 0.15) is 10.4 Å². The molecule has 0 aliphatic rings. The molecular weight excluding hydrogens is 398 g/mol. The lowest BCUT2D eigenvalue weighted by molar-refractivity contribution is 0.0699. The number of hydrogen-bond acceptors (Lipinski definition) is 4. The number of fused-ring (bicyclic) bond motifs is 1. The lowest BCUT2D eigenvalue weighted by Gasteiger charge is -2.08. The van der Waals surface area contributed by atoms with Crippen LogP contribution >= 0.6 is 15.9 Å². The summed E-state index contributed by atoms with van der Waals surface area (Å²) >= 11 is 3.25. The molecule has 0 atom stereocenters. The van der Waals surface area contributed by atoms with E-state index in [0.29, 0.717) is 5.75 Å². The first kappa shape index (κ1) is 16.5. The molecule has 0 aliphatic heterocycles. The van der Waals surface area contributed by atoms with Gasteiger partial charge >= 0.3 is 5.97 Å². The number of halogens is 1. The van der Waals surface area contributed by atoms with Crippen molar-refractivity contribution in [3.8, 4) is 5.75 Å². The van der Waals surface area contributed by atoms with E-state index in [2.05, 4.69) is 15.9 Å². The fourth-order valence-corrected chi connectivity index (χ4v) is 4.10. The third-order valence-corrected chi connectivity index (χ3v) is 5.79. The van der Waals surface area contributed by atoms with Crippen molar-refractivity contribution < 1.29 is 23.1 Å². The number of aromatic nitrogens is 1. The fourth-order valence-electron chi connectivity index (χ4n) is 2.48. The predicted molar refractivity (Wildman–Crippen MR) is 92.2 cm³/mol. The summed E-state index contributed by atoms with van der Waals surface area (Å²) in [5.74, 6) is -0.927. The monoisotopic (exact) mass is 409 g/mol. The summed E-state index contributed by atoms with van der Waals surface area (Å²) in [7, 11) is -2.54. The van der Waals surface area contributed by atoms with Crippen molar-refractivity contribution in [1.29, 1.82) is 0 Å². The maximum absolute atomic E-state index is 12.9. The lowest BCUT2D eigenvalue weighted by atomic mass is 10.1. The normalized spacial score (nSPS) is 11.6. The van der Waals surface area contributed by atoms with Crippen molar-refractivity contribution in [2.75, 3.05) is 7.11 Å². The molecule has 3 aromatic rings. The first-order valence-electron chi connectivity index (χ1n) is 6.78. The molecule has 24 heavy (non-hydrogen) atoms. The highest BCUT2D eigenvalue weighted by atomic mass is 79.9. The standard InChI is InChI=1S/C16H12BrNO5S/c1-23-14-4-2-3-13-15(14)12(16(19)20)9-18(13)24(21,22)11-7-5-10(17)6-8-11/h2-9H,1H3,(H,19,20). The van der Waals surface area contributed by atoms with Gasteiger partial charge in [-0.15, -0.1) is 0 Å². The molecule has 0 fully saturated rings. The van der Waals surface area contributed by atoms with Gasteiger partial charge in [-0.05, 0) is 36.4 Å². The van der Waals surface area contributed by atoms with Crippen molar-refractivity contribution in [1.82, 2.24) is 3.97 Å². The molecule has 124 valence electrons. The molecule has 0 spiro atoms. The summed E-state index contributed by atoms with van der Waals surface area (Å²) in [4.78, 5) is 11.6. The van der Waals surface area contributed by atoms with Crippen molar-refractivity contribution in [3.63, 3.8) is 0 Å². The van der Waals surface area contributed by atoms with Gasteiger partial charge in [-0.1, -0.05) is 22.0 Å². The van der Waals surface area contributed by atoms with E-state index < -0.39 is 16.0 Å². The Morgan fingerprint density at radius 1 is 1.17 bits per heavy atom. The van der Waals surface area contributed by atoms with E-state index in [1.54, 1.807) is 30.3 Å². The Morgan fingerprint density at radius 2 is 1.83 bits per heavy atom. The zero-order chi connectivity index (χ0) is 17.5. The molecule has 0 unspecified atom stereocenters. The Labute approximate surface area is 146 Å². The van der Waals surface area contributed by atoms with Crippen LogP contribution in [0.3, 0.4) is 0 Å². The first-order valence-corrected chi connectivity index (χ1v) is 9.02. The van der Waals surface area contributed by atoms with Crippen molar-refractivity contribution in [3.05, 3.63) is 58.7 Å². The minimum absolute atomic E-state index is 0.0577. The van der Waals surface area contributed by atoms with Gasteiger partial charge in [0.15, 0.2) is 0 Å². The van der Waals surface area contributed by atoms with Crippen LogP contribution in [-0.2, 0) is 10.0 Å². The zero-order valence-electron chi connectivity index (χ0n) is 12.4. The molecule has 0 saturated carbocycles. The highest BCUT2D eigenvalue weighted by Crippen LogP contribution is 2.33.